The molecule has 0 spiro atoms. The average Bonchev–Trinajstić information content (AvgIpc) is 3.43. The Morgan fingerprint density at radius 3 is 2.79 bits per heavy atom. The number of anilines is 1. The van der Waals surface area contributed by atoms with Gasteiger partial charge >= 0.3 is 0 Å². The summed E-state index contributed by atoms with van der Waals surface area (Å²) < 4.78 is 1.36. The van der Waals surface area contributed by atoms with E-state index in [-0.39, 0.29) is 5.69 Å². The second-order valence-corrected chi connectivity index (χ2v) is 6.57. The van der Waals surface area contributed by atoms with Crippen LogP contribution in [-0.4, -0.2) is 40.8 Å². The third-order valence-electron chi connectivity index (χ3n) is 3.73. The van der Waals surface area contributed by atoms with Crippen molar-refractivity contribution in [2.24, 2.45) is 0 Å². The summed E-state index contributed by atoms with van der Waals surface area (Å²) in [7, 11) is 0. The van der Waals surface area contributed by atoms with E-state index >= 15 is 0 Å². The molecule has 0 atom stereocenters. The molecular formula is C19H14N8OS. The molecule has 0 aliphatic rings. The molecule has 4 aromatic rings. The number of pyridine rings is 1. The average molecular weight is 402 g/mol. The number of nitrogens with zero attached hydrogens (tertiary/aromatic N) is 7. The Labute approximate surface area is 169 Å². The van der Waals surface area contributed by atoms with Gasteiger partial charge in [0, 0.05) is 23.6 Å². The summed E-state index contributed by atoms with van der Waals surface area (Å²) >= 11 is 1.30. The number of nitrogens with one attached hydrogen (secondary N) is 1. The Morgan fingerprint density at radius 1 is 1.17 bits per heavy atom. The topological polar surface area (TPSA) is 111 Å². The van der Waals surface area contributed by atoms with Crippen LogP contribution in [0.15, 0.2) is 48.6 Å². The molecule has 4 rings (SSSR count). The predicted molar refractivity (Wildman–Crippen MR) is 107 cm³/mol. The van der Waals surface area contributed by atoms with Gasteiger partial charge in [-0.05, 0) is 12.1 Å². The van der Waals surface area contributed by atoms with Gasteiger partial charge in [0.2, 0.25) is 0 Å². The number of hydrogen-bond donors (Lipinski definition) is 1. The Kier molecular flexibility index (Phi) is 5.31. The zero-order valence-electron chi connectivity index (χ0n) is 15.3. The highest BCUT2D eigenvalue weighted by Gasteiger charge is 2.17. The first kappa shape index (κ1) is 18.4. The van der Waals surface area contributed by atoms with Gasteiger partial charge in [-0.15, -0.1) is 16.4 Å². The van der Waals surface area contributed by atoms with Crippen LogP contribution in [0.5, 0.6) is 0 Å². The minimum Gasteiger partial charge on any atom is -0.296 e. The molecular weight excluding hydrogens is 388 g/mol. The summed E-state index contributed by atoms with van der Waals surface area (Å²) in [5.41, 5.74) is 3.00. The van der Waals surface area contributed by atoms with E-state index in [1.807, 2.05) is 24.4 Å². The van der Waals surface area contributed by atoms with Gasteiger partial charge in [-0.25, -0.2) is 19.6 Å². The first-order chi connectivity index (χ1) is 14.2. The molecule has 0 bridgehead atoms. The number of carbonyl (C=O) groups excluding carboxylic acids is 1. The maximum absolute atomic E-state index is 12.6. The molecule has 0 saturated heterocycles. The standard InChI is InChI=1S/C19H14N8OS/c1-2-3-4-13-5-6-15(22-7-13)16-11-29-19(24-16)25-18(28)17-10-23-26-27(17)14-8-20-12-21-9-14/h5-12H,2H2,1H3,(H,24,25,28). The van der Waals surface area contributed by atoms with Gasteiger partial charge in [0.15, 0.2) is 10.8 Å². The van der Waals surface area contributed by atoms with Crippen LogP contribution >= 0.6 is 11.3 Å². The zero-order valence-corrected chi connectivity index (χ0v) is 16.1. The minimum atomic E-state index is -0.391. The second-order valence-electron chi connectivity index (χ2n) is 5.71. The largest absolute Gasteiger partial charge is 0.296 e. The lowest BCUT2D eigenvalue weighted by atomic mass is 10.2. The van der Waals surface area contributed by atoms with E-state index in [0.717, 1.165) is 12.0 Å². The third-order valence-corrected chi connectivity index (χ3v) is 4.49. The highest BCUT2D eigenvalue weighted by Crippen LogP contribution is 2.24. The van der Waals surface area contributed by atoms with E-state index in [1.54, 1.807) is 18.6 Å². The van der Waals surface area contributed by atoms with E-state index in [2.05, 4.69) is 47.4 Å². The molecule has 0 aliphatic heterocycles. The van der Waals surface area contributed by atoms with Gasteiger partial charge in [-0.2, -0.15) is 0 Å². The van der Waals surface area contributed by atoms with E-state index in [1.165, 1.54) is 28.5 Å². The van der Waals surface area contributed by atoms with E-state index in [4.69, 9.17) is 0 Å². The normalized spacial score (nSPS) is 10.2. The van der Waals surface area contributed by atoms with E-state index < -0.39 is 5.91 Å². The lowest BCUT2D eigenvalue weighted by Crippen LogP contribution is -2.17. The van der Waals surface area contributed by atoms with Crippen molar-refractivity contribution in [2.45, 2.75) is 13.3 Å². The molecule has 0 radical (unpaired) electrons. The Balaban J connectivity index is 1.50. The molecule has 0 unspecified atom stereocenters. The summed E-state index contributed by atoms with van der Waals surface area (Å²) in [6.45, 7) is 2.00. The molecule has 0 aromatic carbocycles. The molecule has 1 amide bonds. The highest BCUT2D eigenvalue weighted by atomic mass is 32.1. The van der Waals surface area contributed by atoms with Crippen LogP contribution in [0.3, 0.4) is 0 Å². The maximum atomic E-state index is 12.6. The lowest BCUT2D eigenvalue weighted by molar-refractivity contribution is 0.101. The lowest BCUT2D eigenvalue weighted by Gasteiger charge is -2.04. The summed E-state index contributed by atoms with van der Waals surface area (Å²) in [6, 6.07) is 3.75. The predicted octanol–water partition coefficient (Wildman–Crippen LogP) is 2.59. The van der Waals surface area contributed by atoms with Gasteiger partial charge in [0.05, 0.1) is 24.3 Å². The van der Waals surface area contributed by atoms with Crippen molar-refractivity contribution < 1.29 is 4.79 Å². The quantitative estimate of drug-likeness (QED) is 0.522. The van der Waals surface area contributed by atoms with Crippen molar-refractivity contribution in [2.75, 3.05) is 5.32 Å². The molecule has 10 heteroatoms. The van der Waals surface area contributed by atoms with Gasteiger partial charge < -0.3 is 0 Å². The summed E-state index contributed by atoms with van der Waals surface area (Å²) in [5.74, 6) is 5.65. The molecule has 29 heavy (non-hydrogen) atoms. The van der Waals surface area contributed by atoms with Crippen LogP contribution in [0, 0.1) is 11.8 Å². The number of amides is 1. The fourth-order valence-electron chi connectivity index (χ4n) is 2.40. The van der Waals surface area contributed by atoms with Crippen LogP contribution in [0.1, 0.15) is 29.4 Å². The molecule has 4 heterocycles. The number of aromatic nitrogens is 7. The third kappa shape index (κ3) is 4.15. The van der Waals surface area contributed by atoms with Crippen molar-refractivity contribution >= 4 is 22.4 Å². The number of carbonyl (C=O) groups is 1. The van der Waals surface area contributed by atoms with Gasteiger partial charge in [-0.1, -0.05) is 24.0 Å². The first-order valence-corrected chi connectivity index (χ1v) is 9.51. The van der Waals surface area contributed by atoms with Crippen molar-refractivity contribution in [1.29, 1.82) is 0 Å². The van der Waals surface area contributed by atoms with Crippen LogP contribution in [0.25, 0.3) is 17.1 Å². The molecule has 0 saturated carbocycles. The highest BCUT2D eigenvalue weighted by molar-refractivity contribution is 7.14. The molecule has 9 nitrogen and oxygen atoms in total. The minimum absolute atomic E-state index is 0.244. The van der Waals surface area contributed by atoms with Crippen LogP contribution in [0.4, 0.5) is 5.13 Å². The van der Waals surface area contributed by atoms with Gasteiger partial charge in [-0.3, -0.25) is 15.1 Å². The molecule has 0 aliphatic carbocycles. The van der Waals surface area contributed by atoms with Gasteiger partial charge in [0.1, 0.15) is 17.7 Å². The zero-order chi connectivity index (χ0) is 20.1. The van der Waals surface area contributed by atoms with Crippen molar-refractivity contribution in [3.63, 3.8) is 0 Å². The molecule has 4 aromatic heterocycles. The Hall–Kier alpha value is -3.97. The monoisotopic (exact) mass is 402 g/mol. The first-order valence-electron chi connectivity index (χ1n) is 8.63. The van der Waals surface area contributed by atoms with E-state index in [9.17, 15) is 4.79 Å². The number of thiazole rings is 1. The molecule has 1 N–H and O–H groups in total. The smallest absolute Gasteiger partial charge is 0.277 e. The number of rotatable bonds is 4. The summed E-state index contributed by atoms with van der Waals surface area (Å²) in [6.07, 6.45) is 8.35. The van der Waals surface area contributed by atoms with Crippen LogP contribution < -0.4 is 5.32 Å². The van der Waals surface area contributed by atoms with Gasteiger partial charge in [0.25, 0.3) is 5.91 Å². The van der Waals surface area contributed by atoms with Crippen LogP contribution in [0.2, 0.25) is 0 Å². The SMILES string of the molecule is CCC#Cc1ccc(-c2csc(NC(=O)c3cnnn3-c3cncnc3)n2)nc1. The Morgan fingerprint density at radius 2 is 2.03 bits per heavy atom. The van der Waals surface area contributed by atoms with Crippen molar-refractivity contribution in [3.05, 3.63) is 59.9 Å². The van der Waals surface area contributed by atoms with Crippen LogP contribution in [-0.2, 0) is 0 Å². The van der Waals surface area contributed by atoms with E-state index in [0.29, 0.717) is 22.2 Å². The fourth-order valence-corrected chi connectivity index (χ4v) is 3.10. The second kappa shape index (κ2) is 8.37. The van der Waals surface area contributed by atoms with Crippen molar-refractivity contribution in [3.8, 4) is 28.9 Å². The summed E-state index contributed by atoms with van der Waals surface area (Å²) in [4.78, 5) is 29.3. The van der Waals surface area contributed by atoms with Crippen molar-refractivity contribution in [1.82, 2.24) is 34.9 Å². The maximum Gasteiger partial charge on any atom is 0.277 e. The Bertz CT molecular complexity index is 1190. The number of hydrogen-bond acceptors (Lipinski definition) is 8. The fraction of sp³-hybridized carbons (Fsp3) is 0.105. The molecule has 0 fully saturated rings. The summed E-state index contributed by atoms with van der Waals surface area (Å²) in [5, 5.41) is 12.8. The molecule has 142 valence electrons.